The summed E-state index contributed by atoms with van der Waals surface area (Å²) in [5, 5.41) is 7.29. The van der Waals surface area contributed by atoms with E-state index in [-0.39, 0.29) is 24.9 Å². The van der Waals surface area contributed by atoms with Gasteiger partial charge < -0.3 is 19.7 Å². The minimum absolute atomic E-state index is 0.00344. The van der Waals surface area contributed by atoms with Gasteiger partial charge in [0.2, 0.25) is 0 Å². The molecule has 1 aromatic carbocycles. The van der Waals surface area contributed by atoms with Gasteiger partial charge in [-0.25, -0.2) is 9.37 Å². The topological polar surface area (TPSA) is 91.3 Å². The van der Waals surface area contributed by atoms with Gasteiger partial charge in [0.25, 0.3) is 5.19 Å². The fourth-order valence-electron chi connectivity index (χ4n) is 3.12. The Bertz CT molecular complexity index is 992. The molecule has 0 aliphatic carbocycles. The highest BCUT2D eigenvalue weighted by Gasteiger charge is 2.26. The summed E-state index contributed by atoms with van der Waals surface area (Å²) in [5.41, 5.74) is 4.91. The average molecular weight is 463 g/mol. The zero-order chi connectivity index (χ0) is 23.1. The number of rotatable bonds is 12. The predicted octanol–water partition coefficient (Wildman–Crippen LogP) is 2.75. The second kappa shape index (κ2) is 10.9. The van der Waals surface area contributed by atoms with Crippen molar-refractivity contribution in [1.82, 2.24) is 20.6 Å². The minimum Gasteiger partial charge on any atom is -0.487 e. The van der Waals surface area contributed by atoms with Crippen molar-refractivity contribution in [1.29, 1.82) is 0 Å². The number of hydrazone groups is 1. The second-order valence-corrected chi connectivity index (χ2v) is 7.84. The summed E-state index contributed by atoms with van der Waals surface area (Å²) in [7, 11) is 1.78. The number of hydrogen-bond acceptors (Lipinski definition) is 9. The molecule has 3 rings (SSSR count). The molecule has 1 aromatic heterocycles. The molecule has 2 heterocycles. The van der Waals surface area contributed by atoms with Crippen LogP contribution in [0.1, 0.15) is 18.7 Å². The van der Waals surface area contributed by atoms with Crippen LogP contribution in [-0.4, -0.2) is 56.0 Å². The molecule has 11 heteroatoms. The van der Waals surface area contributed by atoms with Crippen molar-refractivity contribution >= 4 is 29.6 Å². The van der Waals surface area contributed by atoms with Crippen LogP contribution in [0, 0.1) is 5.82 Å². The molecule has 172 valence electrons. The quantitative estimate of drug-likeness (QED) is 0.0947. The van der Waals surface area contributed by atoms with E-state index in [0.29, 0.717) is 48.4 Å². The first-order chi connectivity index (χ1) is 15.5. The number of benzene rings is 1. The average Bonchev–Trinajstić information content (AvgIpc) is 3.22. The molecule has 9 nitrogen and oxygen atoms in total. The lowest BCUT2D eigenvalue weighted by Gasteiger charge is -2.24. The highest BCUT2D eigenvalue weighted by Crippen LogP contribution is 2.44. The summed E-state index contributed by atoms with van der Waals surface area (Å²) in [6.07, 6.45) is 2.03. The third-order valence-electron chi connectivity index (χ3n) is 4.82. The molecular formula is C21H27FN6O3S. The van der Waals surface area contributed by atoms with Crippen molar-refractivity contribution in [2.75, 3.05) is 38.4 Å². The molecule has 2 aromatic rings. The number of carbonyl (C=O) groups excluding carboxylic acids is 1. The SMILES string of the molecule is C=C(C=O)N(/C=N\NCNC)COc1nc2c(s1)COc1cc(F)c(N(CC)CC)cc1-2. The van der Waals surface area contributed by atoms with Gasteiger partial charge in [0.15, 0.2) is 13.0 Å². The number of fused-ring (bicyclic) bond motifs is 3. The molecule has 1 aliphatic rings. The van der Waals surface area contributed by atoms with Crippen molar-refractivity contribution in [2.24, 2.45) is 5.10 Å². The first-order valence-corrected chi connectivity index (χ1v) is 11.0. The summed E-state index contributed by atoms with van der Waals surface area (Å²) < 4.78 is 26.2. The third-order valence-corrected chi connectivity index (χ3v) is 5.76. The van der Waals surface area contributed by atoms with E-state index in [1.54, 1.807) is 13.1 Å². The van der Waals surface area contributed by atoms with Gasteiger partial charge in [0, 0.05) is 24.7 Å². The summed E-state index contributed by atoms with van der Waals surface area (Å²) in [4.78, 5) is 20.0. The first kappa shape index (κ1) is 23.5. The van der Waals surface area contributed by atoms with E-state index in [1.165, 1.54) is 28.6 Å². The maximum atomic E-state index is 14.6. The number of carbonyl (C=O) groups is 1. The van der Waals surface area contributed by atoms with Crippen LogP contribution >= 0.6 is 11.3 Å². The molecule has 0 amide bonds. The van der Waals surface area contributed by atoms with Crippen molar-refractivity contribution in [3.05, 3.63) is 35.1 Å². The fourth-order valence-corrected chi connectivity index (χ4v) is 3.95. The Balaban J connectivity index is 1.81. The monoisotopic (exact) mass is 462 g/mol. The van der Waals surface area contributed by atoms with E-state index in [4.69, 9.17) is 9.47 Å². The van der Waals surface area contributed by atoms with Gasteiger partial charge in [-0.1, -0.05) is 17.9 Å². The maximum Gasteiger partial charge on any atom is 0.275 e. The number of ether oxygens (including phenoxy) is 2. The van der Waals surface area contributed by atoms with Gasteiger partial charge in [-0.3, -0.25) is 15.1 Å². The lowest BCUT2D eigenvalue weighted by atomic mass is 10.1. The molecule has 0 atom stereocenters. The highest BCUT2D eigenvalue weighted by atomic mass is 32.1. The number of anilines is 1. The summed E-state index contributed by atoms with van der Waals surface area (Å²) >= 11 is 1.34. The molecule has 0 radical (unpaired) electrons. The molecule has 32 heavy (non-hydrogen) atoms. The molecule has 0 saturated carbocycles. The molecule has 0 unspecified atom stereocenters. The van der Waals surface area contributed by atoms with Crippen molar-refractivity contribution in [3.8, 4) is 22.2 Å². The van der Waals surface area contributed by atoms with Crippen LogP contribution in [0.2, 0.25) is 0 Å². The second-order valence-electron chi connectivity index (χ2n) is 6.80. The predicted molar refractivity (Wildman–Crippen MR) is 123 cm³/mol. The van der Waals surface area contributed by atoms with Gasteiger partial charge in [-0.2, -0.15) is 5.10 Å². The lowest BCUT2D eigenvalue weighted by molar-refractivity contribution is -0.106. The first-order valence-electron chi connectivity index (χ1n) is 10.2. The molecule has 0 fully saturated rings. The number of nitrogens with zero attached hydrogens (tertiary/aromatic N) is 4. The number of hydrogen-bond donors (Lipinski definition) is 2. The van der Waals surface area contributed by atoms with Crippen LogP contribution in [0.3, 0.4) is 0 Å². The van der Waals surface area contributed by atoms with E-state index in [9.17, 15) is 9.18 Å². The van der Waals surface area contributed by atoms with Crippen LogP contribution in [0.4, 0.5) is 10.1 Å². The zero-order valence-corrected chi connectivity index (χ0v) is 19.2. The number of halogens is 1. The molecule has 1 aliphatic heterocycles. The van der Waals surface area contributed by atoms with E-state index in [0.717, 1.165) is 10.4 Å². The van der Waals surface area contributed by atoms with Crippen molar-refractivity contribution in [3.63, 3.8) is 0 Å². The largest absolute Gasteiger partial charge is 0.487 e. The van der Waals surface area contributed by atoms with Gasteiger partial charge in [-0.05, 0) is 27.0 Å². The Kier molecular flexibility index (Phi) is 8.01. The van der Waals surface area contributed by atoms with E-state index >= 15 is 0 Å². The number of thiazole rings is 1. The molecule has 2 N–H and O–H groups in total. The van der Waals surface area contributed by atoms with Crippen molar-refractivity contribution < 1.29 is 18.7 Å². The Hall–Kier alpha value is -3.18. The molecular weight excluding hydrogens is 435 g/mol. The van der Waals surface area contributed by atoms with Crippen LogP contribution in [0.5, 0.6) is 10.9 Å². The van der Waals surface area contributed by atoms with Gasteiger partial charge in [0.05, 0.1) is 28.6 Å². The number of aldehydes is 1. The highest BCUT2D eigenvalue weighted by molar-refractivity contribution is 7.13. The van der Waals surface area contributed by atoms with Crippen molar-refractivity contribution in [2.45, 2.75) is 20.5 Å². The van der Waals surface area contributed by atoms with Crippen LogP contribution < -0.4 is 25.1 Å². The van der Waals surface area contributed by atoms with Crippen LogP contribution in [0.25, 0.3) is 11.3 Å². The van der Waals surface area contributed by atoms with E-state index < -0.39 is 0 Å². The van der Waals surface area contributed by atoms with Crippen LogP contribution in [0.15, 0.2) is 29.5 Å². The Labute approximate surface area is 190 Å². The molecule has 0 saturated heterocycles. The molecule has 0 bridgehead atoms. The van der Waals surface area contributed by atoms with Crippen LogP contribution in [-0.2, 0) is 11.4 Å². The number of allylic oxidation sites excluding steroid dienone is 1. The normalized spacial score (nSPS) is 12.0. The van der Waals surface area contributed by atoms with Gasteiger partial charge >= 0.3 is 0 Å². The minimum atomic E-state index is -0.322. The fraction of sp³-hybridized carbons (Fsp3) is 0.381. The Morgan fingerprint density at radius 3 is 2.91 bits per heavy atom. The smallest absolute Gasteiger partial charge is 0.275 e. The number of nitrogens with one attached hydrogen (secondary N) is 2. The maximum absolute atomic E-state index is 14.6. The summed E-state index contributed by atoms with van der Waals surface area (Å²) in [5.74, 6) is 0.137. The van der Waals surface area contributed by atoms with Gasteiger partial charge in [0.1, 0.15) is 24.5 Å². The van der Waals surface area contributed by atoms with E-state index in [1.807, 2.05) is 18.7 Å². The number of aromatic nitrogens is 1. The molecule has 0 spiro atoms. The summed E-state index contributed by atoms with van der Waals surface area (Å²) in [6, 6.07) is 3.19. The lowest BCUT2D eigenvalue weighted by Crippen LogP contribution is -2.29. The Morgan fingerprint density at radius 2 is 2.22 bits per heavy atom. The third kappa shape index (κ3) is 5.17. The standard InChI is InChI=1S/C21H27FN6O3S/c1-5-27(6-2)17-7-15-18(8-16(17)22)30-10-19-20(15)26-21(32-19)31-13-28(14(3)9-29)12-25-24-11-23-4/h7-9,12,23-24H,3,5-6,10-11,13H2,1-2,4H3/b25-12-. The summed E-state index contributed by atoms with van der Waals surface area (Å²) in [6.45, 7) is 9.78. The Morgan fingerprint density at radius 1 is 1.44 bits per heavy atom. The van der Waals surface area contributed by atoms with E-state index in [2.05, 4.69) is 27.4 Å². The van der Waals surface area contributed by atoms with Gasteiger partial charge in [-0.15, -0.1) is 0 Å². The zero-order valence-electron chi connectivity index (χ0n) is 18.4.